The van der Waals surface area contributed by atoms with Crippen LogP contribution in [0.5, 0.6) is 11.6 Å². The maximum absolute atomic E-state index is 13.6. The summed E-state index contributed by atoms with van der Waals surface area (Å²) in [7, 11) is 3.23. The molecular formula is C23H29N5O3. The molecule has 0 bridgehead atoms. The first-order valence-corrected chi connectivity index (χ1v) is 10.6. The van der Waals surface area contributed by atoms with E-state index in [1.54, 1.807) is 26.6 Å². The third-order valence-corrected chi connectivity index (χ3v) is 5.89. The molecule has 3 aromatic rings. The summed E-state index contributed by atoms with van der Waals surface area (Å²) in [5.41, 5.74) is 2.86. The molecule has 4 rings (SSSR count). The van der Waals surface area contributed by atoms with Crippen molar-refractivity contribution in [1.82, 2.24) is 19.4 Å². The van der Waals surface area contributed by atoms with Crippen molar-refractivity contribution in [2.75, 3.05) is 45.3 Å². The molecule has 1 aromatic carbocycles. The predicted octanol–water partition coefficient (Wildman–Crippen LogP) is 3.13. The van der Waals surface area contributed by atoms with Gasteiger partial charge in [-0.25, -0.2) is 0 Å². The van der Waals surface area contributed by atoms with Crippen molar-refractivity contribution in [3.63, 3.8) is 0 Å². The average molecular weight is 424 g/mol. The highest BCUT2D eigenvalue weighted by atomic mass is 16.5. The second-order valence-electron chi connectivity index (χ2n) is 7.69. The smallest absolute Gasteiger partial charge is 0.256 e. The first-order valence-electron chi connectivity index (χ1n) is 10.6. The lowest BCUT2D eigenvalue weighted by molar-refractivity contribution is 0.0747. The van der Waals surface area contributed by atoms with Gasteiger partial charge in [0.1, 0.15) is 5.75 Å². The highest BCUT2D eigenvalue weighted by Gasteiger charge is 2.28. The van der Waals surface area contributed by atoms with Gasteiger partial charge in [0.2, 0.25) is 5.88 Å². The molecule has 0 unspecified atom stereocenters. The van der Waals surface area contributed by atoms with Gasteiger partial charge in [-0.2, -0.15) is 4.98 Å². The maximum Gasteiger partial charge on any atom is 0.256 e. The molecule has 0 spiro atoms. The lowest BCUT2D eigenvalue weighted by atomic mass is 10.1. The Morgan fingerprint density at radius 2 is 1.87 bits per heavy atom. The summed E-state index contributed by atoms with van der Waals surface area (Å²) in [6.07, 6.45) is 4.33. The minimum absolute atomic E-state index is 0.0713. The van der Waals surface area contributed by atoms with Crippen LogP contribution in [0.1, 0.15) is 29.4 Å². The van der Waals surface area contributed by atoms with Crippen LogP contribution >= 0.6 is 0 Å². The Kier molecular flexibility index (Phi) is 5.97. The number of hydrogen-bond acceptors (Lipinski definition) is 6. The van der Waals surface area contributed by atoms with Crippen LogP contribution in [0.15, 0.2) is 30.6 Å². The molecule has 1 fully saturated rings. The van der Waals surface area contributed by atoms with Crippen molar-refractivity contribution in [1.29, 1.82) is 0 Å². The number of aromatic nitrogens is 3. The number of piperazine rings is 1. The fraction of sp³-hybridized carbons (Fsp3) is 0.435. The molecule has 0 saturated carbocycles. The molecule has 1 aliphatic heterocycles. The number of amides is 1. The number of methoxy groups -OCH3 is 2. The van der Waals surface area contributed by atoms with E-state index in [-0.39, 0.29) is 5.91 Å². The summed E-state index contributed by atoms with van der Waals surface area (Å²) in [4.78, 5) is 26.3. The van der Waals surface area contributed by atoms with E-state index in [0.717, 1.165) is 46.7 Å². The number of rotatable bonds is 6. The third-order valence-electron chi connectivity index (χ3n) is 5.89. The lowest BCUT2D eigenvalue weighted by Crippen LogP contribution is -2.49. The van der Waals surface area contributed by atoms with Crippen LogP contribution in [0.4, 0.5) is 5.82 Å². The van der Waals surface area contributed by atoms with Crippen molar-refractivity contribution in [2.45, 2.75) is 26.8 Å². The fourth-order valence-electron chi connectivity index (χ4n) is 4.26. The van der Waals surface area contributed by atoms with Gasteiger partial charge in [0, 0.05) is 49.3 Å². The molecule has 3 heterocycles. The lowest BCUT2D eigenvalue weighted by Gasteiger charge is -2.35. The minimum atomic E-state index is 0.0713. The molecule has 31 heavy (non-hydrogen) atoms. The van der Waals surface area contributed by atoms with Gasteiger partial charge < -0.3 is 23.8 Å². The predicted molar refractivity (Wildman–Crippen MR) is 120 cm³/mol. The first-order chi connectivity index (χ1) is 15.1. The third kappa shape index (κ3) is 3.89. The summed E-state index contributed by atoms with van der Waals surface area (Å²) in [5, 5.41) is 0.955. The Balaban J connectivity index is 1.59. The molecule has 1 aliphatic rings. The Labute approximate surface area is 182 Å². The molecule has 0 N–H and O–H groups in total. The monoisotopic (exact) mass is 423 g/mol. The van der Waals surface area contributed by atoms with Crippen molar-refractivity contribution in [2.24, 2.45) is 0 Å². The van der Waals surface area contributed by atoms with Crippen molar-refractivity contribution >= 4 is 22.6 Å². The van der Waals surface area contributed by atoms with Gasteiger partial charge in [0.05, 0.1) is 32.2 Å². The summed E-state index contributed by atoms with van der Waals surface area (Å²) in [6.45, 7) is 7.72. The van der Waals surface area contributed by atoms with Gasteiger partial charge >= 0.3 is 0 Å². The SMILES string of the molecule is CCCn1c(C)c(C(=O)N2CCN(c3cncc(OC)n3)CC2)c2cc(OC)ccc21. The number of anilines is 1. The molecule has 2 aromatic heterocycles. The molecule has 1 saturated heterocycles. The number of ether oxygens (including phenoxy) is 2. The van der Waals surface area contributed by atoms with Crippen molar-refractivity contribution in [3.8, 4) is 11.6 Å². The number of carbonyl (C=O) groups excluding carboxylic acids is 1. The molecule has 8 nitrogen and oxygen atoms in total. The van der Waals surface area contributed by atoms with Crippen LogP contribution in [0.25, 0.3) is 10.9 Å². The van der Waals surface area contributed by atoms with E-state index < -0.39 is 0 Å². The van der Waals surface area contributed by atoms with Gasteiger partial charge in [-0.05, 0) is 31.5 Å². The van der Waals surface area contributed by atoms with Gasteiger partial charge in [-0.3, -0.25) is 9.78 Å². The quantitative estimate of drug-likeness (QED) is 0.607. The topological polar surface area (TPSA) is 72.7 Å². The number of hydrogen-bond donors (Lipinski definition) is 0. The Morgan fingerprint density at radius 1 is 1.10 bits per heavy atom. The molecule has 0 radical (unpaired) electrons. The van der Waals surface area contributed by atoms with E-state index in [2.05, 4.69) is 26.4 Å². The van der Waals surface area contributed by atoms with Crippen molar-refractivity contribution in [3.05, 3.63) is 41.9 Å². The van der Waals surface area contributed by atoms with E-state index in [9.17, 15) is 4.79 Å². The molecule has 1 amide bonds. The van der Waals surface area contributed by atoms with Crippen LogP contribution in [0, 0.1) is 6.92 Å². The standard InChI is InChI=1S/C23H29N5O3/c1-5-8-28-16(2)22(18-13-17(30-3)6-7-19(18)28)23(29)27-11-9-26(10-12-27)20-14-24-15-21(25-20)31-4/h6-7,13-15H,5,8-12H2,1-4H3. The van der Waals surface area contributed by atoms with E-state index in [1.165, 1.54) is 0 Å². The summed E-state index contributed by atoms with van der Waals surface area (Å²) in [5.74, 6) is 2.09. The largest absolute Gasteiger partial charge is 0.497 e. The van der Waals surface area contributed by atoms with Gasteiger partial charge in [0.15, 0.2) is 5.82 Å². The maximum atomic E-state index is 13.6. The van der Waals surface area contributed by atoms with Crippen LogP contribution < -0.4 is 14.4 Å². The number of benzene rings is 1. The molecular weight excluding hydrogens is 394 g/mol. The van der Waals surface area contributed by atoms with Crippen LogP contribution in [-0.4, -0.2) is 65.7 Å². The normalized spacial score (nSPS) is 14.2. The summed E-state index contributed by atoms with van der Waals surface area (Å²) >= 11 is 0. The molecule has 0 aliphatic carbocycles. The highest BCUT2D eigenvalue weighted by Crippen LogP contribution is 2.31. The second-order valence-corrected chi connectivity index (χ2v) is 7.69. The second kappa shape index (κ2) is 8.83. The fourth-order valence-corrected chi connectivity index (χ4v) is 4.26. The summed E-state index contributed by atoms with van der Waals surface area (Å²) in [6, 6.07) is 5.98. The van der Waals surface area contributed by atoms with Crippen molar-refractivity contribution < 1.29 is 14.3 Å². The first kappa shape index (κ1) is 21.0. The minimum Gasteiger partial charge on any atom is -0.497 e. The zero-order valence-corrected chi connectivity index (χ0v) is 18.6. The van der Waals surface area contributed by atoms with Crippen LogP contribution in [-0.2, 0) is 6.54 Å². The zero-order valence-electron chi connectivity index (χ0n) is 18.6. The molecule has 0 atom stereocenters. The number of carbonyl (C=O) groups is 1. The van der Waals surface area contributed by atoms with Gasteiger partial charge in [-0.1, -0.05) is 6.92 Å². The average Bonchev–Trinajstić information content (AvgIpc) is 3.09. The molecule has 164 valence electrons. The van der Waals surface area contributed by atoms with E-state index in [4.69, 9.17) is 9.47 Å². The number of nitrogens with zero attached hydrogens (tertiary/aromatic N) is 5. The van der Waals surface area contributed by atoms with E-state index >= 15 is 0 Å². The molecule has 8 heteroatoms. The summed E-state index contributed by atoms with van der Waals surface area (Å²) < 4.78 is 12.9. The van der Waals surface area contributed by atoms with E-state index in [0.29, 0.717) is 32.1 Å². The number of fused-ring (bicyclic) bond motifs is 1. The van der Waals surface area contributed by atoms with Crippen LogP contribution in [0.2, 0.25) is 0 Å². The van der Waals surface area contributed by atoms with E-state index in [1.807, 2.05) is 30.0 Å². The van der Waals surface area contributed by atoms with Crippen LogP contribution in [0.3, 0.4) is 0 Å². The number of aryl methyl sites for hydroxylation is 1. The Morgan fingerprint density at radius 3 is 2.55 bits per heavy atom. The zero-order chi connectivity index (χ0) is 22.0. The van der Waals surface area contributed by atoms with Gasteiger partial charge in [0.25, 0.3) is 5.91 Å². The van der Waals surface area contributed by atoms with Gasteiger partial charge in [-0.15, -0.1) is 0 Å². The Hall–Kier alpha value is -3.29. The highest BCUT2D eigenvalue weighted by molar-refractivity contribution is 6.08. The Bertz CT molecular complexity index is 1090.